The van der Waals surface area contributed by atoms with Gasteiger partial charge in [-0.2, -0.15) is 0 Å². The van der Waals surface area contributed by atoms with Crippen LogP contribution in [-0.2, 0) is 4.79 Å². The Labute approximate surface area is 110 Å². The fraction of sp³-hybridized carbons (Fsp3) is 0.385. The van der Waals surface area contributed by atoms with Crippen molar-refractivity contribution in [3.63, 3.8) is 0 Å². The predicted molar refractivity (Wildman–Crippen MR) is 69.5 cm³/mol. The number of hydrogen-bond acceptors (Lipinski definition) is 4. The fourth-order valence-corrected chi connectivity index (χ4v) is 2.02. The summed E-state index contributed by atoms with van der Waals surface area (Å²) in [6.45, 7) is 2.47. The largest absolute Gasteiger partial charge is 0.489 e. The van der Waals surface area contributed by atoms with Crippen LogP contribution in [0.2, 0.25) is 0 Å². The van der Waals surface area contributed by atoms with Crippen molar-refractivity contribution in [3.8, 4) is 5.75 Å². The first-order valence-corrected chi connectivity index (χ1v) is 6.12. The van der Waals surface area contributed by atoms with Crippen LogP contribution in [0.15, 0.2) is 18.2 Å². The van der Waals surface area contributed by atoms with Gasteiger partial charge in [-0.3, -0.25) is 4.79 Å². The minimum Gasteiger partial charge on any atom is -0.489 e. The molecule has 0 aliphatic carbocycles. The Morgan fingerprint density at radius 3 is 2.89 bits per heavy atom. The lowest BCUT2D eigenvalue weighted by molar-refractivity contribution is -0.120. The van der Waals surface area contributed by atoms with Gasteiger partial charge in [-0.05, 0) is 18.6 Å². The monoisotopic (exact) mass is 264 g/mol. The van der Waals surface area contributed by atoms with Crippen molar-refractivity contribution in [2.75, 3.05) is 18.1 Å². The summed E-state index contributed by atoms with van der Waals surface area (Å²) in [6, 6.07) is 4.13. The smallest absolute Gasteiger partial charge is 0.339 e. The summed E-state index contributed by atoms with van der Waals surface area (Å²) in [5.41, 5.74) is 6.28. The molecule has 0 unspecified atom stereocenters. The normalized spacial score (nSPS) is 15.4. The summed E-state index contributed by atoms with van der Waals surface area (Å²) in [5, 5.41) is 9.11. The maximum Gasteiger partial charge on any atom is 0.339 e. The summed E-state index contributed by atoms with van der Waals surface area (Å²) in [4.78, 5) is 24.8. The number of amides is 1. The number of para-hydroxylation sites is 1. The summed E-state index contributed by atoms with van der Waals surface area (Å²) < 4.78 is 5.39. The van der Waals surface area contributed by atoms with E-state index in [4.69, 9.17) is 15.6 Å². The van der Waals surface area contributed by atoms with Crippen LogP contribution in [0.4, 0.5) is 5.69 Å². The van der Waals surface area contributed by atoms with E-state index in [0.29, 0.717) is 18.7 Å². The van der Waals surface area contributed by atoms with Crippen molar-refractivity contribution in [2.24, 2.45) is 5.73 Å². The van der Waals surface area contributed by atoms with Crippen molar-refractivity contribution < 1.29 is 19.4 Å². The zero-order chi connectivity index (χ0) is 14.0. The van der Waals surface area contributed by atoms with Crippen molar-refractivity contribution in [1.29, 1.82) is 0 Å². The third kappa shape index (κ3) is 2.39. The highest BCUT2D eigenvalue weighted by atomic mass is 16.5. The van der Waals surface area contributed by atoms with E-state index < -0.39 is 12.0 Å². The average molecular weight is 264 g/mol. The van der Waals surface area contributed by atoms with Crippen LogP contribution in [0, 0.1) is 0 Å². The van der Waals surface area contributed by atoms with Gasteiger partial charge in [0.05, 0.1) is 18.3 Å². The van der Waals surface area contributed by atoms with Crippen molar-refractivity contribution >= 4 is 17.6 Å². The van der Waals surface area contributed by atoms with Crippen molar-refractivity contribution in [3.05, 3.63) is 23.8 Å². The first kappa shape index (κ1) is 13.4. The molecular formula is C13H16N2O4. The molecule has 0 fully saturated rings. The van der Waals surface area contributed by atoms with Gasteiger partial charge in [-0.25, -0.2) is 4.79 Å². The minimum atomic E-state index is -1.08. The molecule has 0 saturated carbocycles. The van der Waals surface area contributed by atoms with Gasteiger partial charge >= 0.3 is 5.97 Å². The third-order valence-corrected chi connectivity index (χ3v) is 3.10. The second-order valence-corrected chi connectivity index (χ2v) is 4.31. The Hall–Kier alpha value is -2.08. The molecule has 2 rings (SSSR count). The molecule has 6 heteroatoms. The van der Waals surface area contributed by atoms with E-state index >= 15 is 0 Å². The third-order valence-electron chi connectivity index (χ3n) is 3.10. The highest BCUT2D eigenvalue weighted by molar-refractivity contribution is 6.01. The highest BCUT2D eigenvalue weighted by Gasteiger charge is 2.29. The molecule has 19 heavy (non-hydrogen) atoms. The number of benzene rings is 1. The Morgan fingerprint density at radius 2 is 2.26 bits per heavy atom. The summed E-state index contributed by atoms with van der Waals surface area (Å²) >= 11 is 0. The summed E-state index contributed by atoms with van der Waals surface area (Å²) in [7, 11) is 0. The van der Waals surface area contributed by atoms with Crippen LogP contribution in [0.3, 0.4) is 0 Å². The molecule has 1 aromatic rings. The van der Waals surface area contributed by atoms with Crippen LogP contribution >= 0.6 is 0 Å². The molecule has 102 valence electrons. The molecular weight excluding hydrogens is 248 g/mol. The highest BCUT2D eigenvalue weighted by Crippen LogP contribution is 2.35. The quantitative estimate of drug-likeness (QED) is 0.844. The summed E-state index contributed by atoms with van der Waals surface area (Å²) in [6.07, 6.45) is 0.532. The molecule has 3 N–H and O–H groups in total. The first-order chi connectivity index (χ1) is 9.06. The van der Waals surface area contributed by atoms with Gasteiger partial charge in [0.1, 0.15) is 12.2 Å². The van der Waals surface area contributed by atoms with E-state index in [1.165, 1.54) is 11.0 Å². The zero-order valence-electron chi connectivity index (χ0n) is 10.6. The number of nitrogens with zero attached hydrogens (tertiary/aromatic N) is 1. The average Bonchev–Trinajstić information content (AvgIpc) is 2.44. The topological polar surface area (TPSA) is 92.9 Å². The predicted octanol–water partition coefficient (Wildman–Crippen LogP) is 0.847. The van der Waals surface area contributed by atoms with E-state index in [2.05, 4.69) is 0 Å². The van der Waals surface area contributed by atoms with Crippen molar-refractivity contribution in [2.45, 2.75) is 19.4 Å². The minimum absolute atomic E-state index is 0.0556. The molecule has 1 aliphatic heterocycles. The van der Waals surface area contributed by atoms with Gasteiger partial charge < -0.3 is 20.5 Å². The van der Waals surface area contributed by atoms with Gasteiger partial charge in [0, 0.05) is 0 Å². The molecule has 6 nitrogen and oxygen atoms in total. The number of nitrogens with two attached hydrogens (primary N) is 1. The van der Waals surface area contributed by atoms with Crippen LogP contribution in [0.5, 0.6) is 5.75 Å². The lowest BCUT2D eigenvalue weighted by atomic mass is 10.1. The maximum atomic E-state index is 12.2. The molecule has 0 radical (unpaired) electrons. The molecule has 1 aromatic carbocycles. The van der Waals surface area contributed by atoms with Crippen LogP contribution < -0.4 is 15.4 Å². The van der Waals surface area contributed by atoms with E-state index in [1.807, 2.05) is 6.92 Å². The number of ether oxygens (including phenoxy) is 1. The number of rotatable bonds is 3. The Kier molecular flexibility index (Phi) is 3.71. The number of carbonyl (C=O) groups excluding carboxylic acids is 1. The first-order valence-electron chi connectivity index (χ1n) is 6.12. The van der Waals surface area contributed by atoms with Gasteiger partial charge in [0.25, 0.3) is 0 Å². The molecule has 1 amide bonds. The lowest BCUT2D eigenvalue weighted by Gasteiger charge is -2.31. The lowest BCUT2D eigenvalue weighted by Crippen LogP contribution is -2.47. The van der Waals surface area contributed by atoms with E-state index in [9.17, 15) is 9.59 Å². The number of fused-ring (bicyclic) bond motifs is 1. The zero-order valence-corrected chi connectivity index (χ0v) is 10.6. The van der Waals surface area contributed by atoms with Crippen molar-refractivity contribution in [1.82, 2.24) is 0 Å². The van der Waals surface area contributed by atoms with Crippen LogP contribution in [0.1, 0.15) is 23.7 Å². The maximum absolute atomic E-state index is 12.2. The van der Waals surface area contributed by atoms with Crippen LogP contribution in [-0.4, -0.2) is 36.2 Å². The molecule has 0 aromatic heterocycles. The van der Waals surface area contributed by atoms with Gasteiger partial charge in [0.2, 0.25) is 5.91 Å². The number of carboxylic acid groups (broad SMARTS) is 1. The molecule has 0 bridgehead atoms. The molecule has 0 saturated heterocycles. The SMILES string of the molecule is CC[C@H](N)C(=O)N1CCOc2c(C(=O)O)cccc21. The van der Waals surface area contributed by atoms with Gasteiger partial charge in [-0.1, -0.05) is 13.0 Å². The Bertz CT molecular complexity index is 515. The molecule has 1 heterocycles. The number of aromatic carboxylic acids is 1. The standard InChI is InChI=1S/C13H16N2O4/c1-2-9(14)12(16)15-6-7-19-11-8(13(17)18)4-3-5-10(11)15/h3-5,9H,2,6-7,14H2,1H3,(H,17,18)/t9-/m0/s1. The Morgan fingerprint density at radius 1 is 1.53 bits per heavy atom. The number of anilines is 1. The van der Waals surface area contributed by atoms with Crippen LogP contribution in [0.25, 0.3) is 0 Å². The van der Waals surface area contributed by atoms with E-state index in [0.717, 1.165) is 0 Å². The van der Waals surface area contributed by atoms with Gasteiger partial charge in [0.15, 0.2) is 5.75 Å². The number of carbonyl (C=O) groups is 2. The molecule has 1 atom stereocenters. The summed E-state index contributed by atoms with van der Waals surface area (Å²) in [5.74, 6) is -1.06. The molecule has 1 aliphatic rings. The van der Waals surface area contributed by atoms with E-state index in [1.54, 1.807) is 12.1 Å². The fourth-order valence-electron chi connectivity index (χ4n) is 2.02. The second-order valence-electron chi connectivity index (χ2n) is 4.31. The number of carboxylic acids is 1. The van der Waals surface area contributed by atoms with E-state index in [-0.39, 0.29) is 23.8 Å². The number of hydrogen-bond donors (Lipinski definition) is 2. The van der Waals surface area contributed by atoms with Gasteiger partial charge in [-0.15, -0.1) is 0 Å². The Balaban J connectivity index is 2.43. The second kappa shape index (κ2) is 5.27. The molecule has 0 spiro atoms.